The maximum absolute atomic E-state index is 13.9. The maximum atomic E-state index is 13.9. The largest absolute Gasteiger partial charge is 0.461 e. The Balaban J connectivity index is 1.59. The second-order valence-corrected chi connectivity index (χ2v) is 14.8. The van der Waals surface area contributed by atoms with Crippen LogP contribution in [0.25, 0.3) is 0 Å². The van der Waals surface area contributed by atoms with Gasteiger partial charge in [0.2, 0.25) is 5.79 Å². The fourth-order valence-corrected chi connectivity index (χ4v) is 7.72. The summed E-state index contributed by atoms with van der Waals surface area (Å²) in [5.41, 5.74) is 0. The van der Waals surface area contributed by atoms with Crippen LogP contribution in [-0.2, 0) is 28.7 Å². The molecule has 10 heteroatoms. The molecule has 0 spiro atoms. The first-order valence-electron chi connectivity index (χ1n) is 18.0. The number of Topliss-reactive ketones (excluding diaryl/α,β-unsaturated/α-hetero) is 1. The Hall–Kier alpha value is -2.40. The summed E-state index contributed by atoms with van der Waals surface area (Å²) < 4.78 is 12.2. The lowest BCUT2D eigenvalue weighted by molar-refractivity contribution is -0.268. The molecule has 3 fully saturated rings. The van der Waals surface area contributed by atoms with Gasteiger partial charge in [0.1, 0.15) is 12.1 Å². The number of rotatable bonds is 3. The van der Waals surface area contributed by atoms with Crippen molar-refractivity contribution in [2.75, 3.05) is 6.54 Å². The molecule has 3 heterocycles. The second-order valence-electron chi connectivity index (χ2n) is 14.8. The molecule has 1 saturated carbocycles. The standard InChI is InChI=1S/C37H57NO9/c1-23-11-7-5-6-8-13-29(39)26(4)33-19-15-25(3)37(45,47-33)34(42)35(43)38-20-10-9-12-28(38)36(44)46-32(18-14-23)24(2)21-27-16-17-30(40)31(41)22-27/h7-8,11,13,23-28,30-33,40-41,45H,5-6,9-10,12,14-22H2,1-4H3/b11-7-,13-8-/t23-,24-,25-,26+,27+,28+,30-,31-,32+,33+,37-/m1/s1. The Morgan fingerprint density at radius 2 is 1.66 bits per heavy atom. The second kappa shape index (κ2) is 16.8. The molecule has 1 amide bonds. The summed E-state index contributed by atoms with van der Waals surface area (Å²) in [7, 11) is 0. The number of nitrogens with zero attached hydrogens (tertiary/aromatic N) is 1. The molecular weight excluding hydrogens is 602 g/mol. The van der Waals surface area contributed by atoms with Crippen LogP contribution in [0.1, 0.15) is 111 Å². The highest BCUT2D eigenvalue weighted by Gasteiger charge is 2.53. The third-order valence-corrected chi connectivity index (χ3v) is 11.1. The van der Waals surface area contributed by atoms with Gasteiger partial charge in [-0.05, 0) is 107 Å². The molecule has 2 bridgehead atoms. The lowest BCUT2D eigenvalue weighted by atomic mass is 9.78. The molecule has 4 rings (SSSR count). The first-order chi connectivity index (χ1) is 22.3. The van der Waals surface area contributed by atoms with Crippen LogP contribution < -0.4 is 0 Å². The number of ether oxygens (including phenoxy) is 2. The van der Waals surface area contributed by atoms with Crippen molar-refractivity contribution in [2.24, 2.45) is 29.6 Å². The summed E-state index contributed by atoms with van der Waals surface area (Å²) in [6.07, 6.45) is 12.9. The van der Waals surface area contributed by atoms with Crippen LogP contribution >= 0.6 is 0 Å². The summed E-state index contributed by atoms with van der Waals surface area (Å²) in [6.45, 7) is 7.72. The smallest absolute Gasteiger partial charge is 0.329 e. The summed E-state index contributed by atoms with van der Waals surface area (Å²) in [4.78, 5) is 55.7. The summed E-state index contributed by atoms with van der Waals surface area (Å²) in [5, 5.41) is 31.9. The molecule has 0 radical (unpaired) electrons. The molecule has 264 valence electrons. The van der Waals surface area contributed by atoms with E-state index < -0.39 is 65.7 Å². The van der Waals surface area contributed by atoms with Crippen molar-refractivity contribution in [3.8, 4) is 0 Å². The average Bonchev–Trinajstić information content (AvgIpc) is 3.05. The highest BCUT2D eigenvalue weighted by atomic mass is 16.6. The van der Waals surface area contributed by atoms with Gasteiger partial charge >= 0.3 is 5.97 Å². The predicted octanol–water partition coefficient (Wildman–Crippen LogP) is 4.43. The fraction of sp³-hybridized carbons (Fsp3) is 0.784. The summed E-state index contributed by atoms with van der Waals surface area (Å²) in [6, 6.07) is -0.961. The third kappa shape index (κ3) is 9.40. The zero-order valence-electron chi connectivity index (χ0n) is 28.7. The predicted molar refractivity (Wildman–Crippen MR) is 176 cm³/mol. The summed E-state index contributed by atoms with van der Waals surface area (Å²) >= 11 is 0. The number of carbonyl (C=O) groups is 4. The number of esters is 1. The minimum atomic E-state index is -2.40. The first kappa shape index (κ1) is 37.4. The molecule has 3 aliphatic heterocycles. The number of carbonyl (C=O) groups excluding carboxylic acids is 4. The topological polar surface area (TPSA) is 151 Å². The Bertz CT molecular complexity index is 1170. The van der Waals surface area contributed by atoms with Gasteiger partial charge in [0.15, 0.2) is 5.78 Å². The van der Waals surface area contributed by atoms with E-state index >= 15 is 0 Å². The van der Waals surface area contributed by atoms with Gasteiger partial charge in [-0.15, -0.1) is 0 Å². The van der Waals surface area contributed by atoms with E-state index in [0.29, 0.717) is 57.8 Å². The van der Waals surface area contributed by atoms with E-state index in [1.165, 1.54) is 11.0 Å². The lowest BCUT2D eigenvalue weighted by Crippen LogP contribution is -2.61. The first-order valence-corrected chi connectivity index (χ1v) is 18.0. The molecule has 47 heavy (non-hydrogen) atoms. The van der Waals surface area contributed by atoms with E-state index in [1.807, 2.05) is 13.0 Å². The Labute approximate surface area is 279 Å². The van der Waals surface area contributed by atoms with Crippen LogP contribution in [0.3, 0.4) is 0 Å². The zero-order chi connectivity index (χ0) is 34.3. The van der Waals surface area contributed by atoms with Gasteiger partial charge in [0.25, 0.3) is 11.7 Å². The molecule has 0 aromatic rings. The number of piperidine rings is 1. The molecule has 0 unspecified atom stereocenters. The van der Waals surface area contributed by atoms with Crippen LogP contribution in [0.4, 0.5) is 0 Å². The number of aliphatic hydroxyl groups is 3. The minimum absolute atomic E-state index is 0.0302. The maximum Gasteiger partial charge on any atom is 0.329 e. The molecule has 1 aliphatic carbocycles. The normalized spacial score (nSPS) is 40.8. The molecular formula is C37H57NO9. The molecule has 0 aromatic carbocycles. The van der Waals surface area contributed by atoms with Crippen molar-refractivity contribution in [3.63, 3.8) is 0 Å². The summed E-state index contributed by atoms with van der Waals surface area (Å²) in [5.74, 6) is -6.10. The van der Waals surface area contributed by atoms with Crippen molar-refractivity contribution in [2.45, 2.75) is 147 Å². The van der Waals surface area contributed by atoms with Gasteiger partial charge in [0.05, 0.1) is 18.3 Å². The number of ketones is 2. The number of fused-ring (bicyclic) bond motifs is 3. The van der Waals surface area contributed by atoms with E-state index in [0.717, 1.165) is 25.7 Å². The van der Waals surface area contributed by atoms with Crippen molar-refractivity contribution in [1.82, 2.24) is 4.90 Å². The van der Waals surface area contributed by atoms with Crippen molar-refractivity contribution < 1.29 is 44.0 Å². The van der Waals surface area contributed by atoms with Crippen LogP contribution in [0.2, 0.25) is 0 Å². The minimum Gasteiger partial charge on any atom is -0.461 e. The molecule has 0 aromatic heterocycles. The van der Waals surface area contributed by atoms with Gasteiger partial charge in [-0.1, -0.05) is 45.9 Å². The van der Waals surface area contributed by atoms with Crippen LogP contribution in [-0.4, -0.2) is 86.5 Å². The zero-order valence-corrected chi connectivity index (χ0v) is 28.7. The highest BCUT2D eigenvalue weighted by Crippen LogP contribution is 2.37. The van der Waals surface area contributed by atoms with Gasteiger partial charge in [0, 0.05) is 18.4 Å². The molecule has 4 aliphatic rings. The average molecular weight is 660 g/mol. The van der Waals surface area contributed by atoms with E-state index in [2.05, 4.69) is 19.1 Å². The quantitative estimate of drug-likeness (QED) is 0.227. The number of hydrogen-bond acceptors (Lipinski definition) is 9. The van der Waals surface area contributed by atoms with E-state index in [9.17, 15) is 34.5 Å². The number of aliphatic hydroxyl groups excluding tert-OH is 2. The van der Waals surface area contributed by atoms with Crippen LogP contribution in [0, 0.1) is 29.6 Å². The van der Waals surface area contributed by atoms with Gasteiger partial charge in [-0.25, -0.2) is 4.79 Å². The molecule has 2 saturated heterocycles. The van der Waals surface area contributed by atoms with Crippen LogP contribution in [0.15, 0.2) is 24.3 Å². The number of allylic oxidation sites excluding steroid dienone is 4. The van der Waals surface area contributed by atoms with E-state index in [-0.39, 0.29) is 30.1 Å². The highest BCUT2D eigenvalue weighted by molar-refractivity contribution is 6.39. The molecule has 3 N–H and O–H groups in total. The van der Waals surface area contributed by atoms with Crippen molar-refractivity contribution in [3.05, 3.63) is 24.3 Å². The molecule has 10 nitrogen and oxygen atoms in total. The van der Waals surface area contributed by atoms with Crippen LogP contribution in [0.5, 0.6) is 0 Å². The number of hydrogen-bond donors (Lipinski definition) is 3. The number of cyclic esters (lactones) is 1. The third-order valence-electron chi connectivity index (χ3n) is 11.1. The van der Waals surface area contributed by atoms with Crippen molar-refractivity contribution in [1.29, 1.82) is 0 Å². The Morgan fingerprint density at radius 3 is 2.40 bits per heavy atom. The van der Waals surface area contributed by atoms with E-state index in [1.54, 1.807) is 13.8 Å². The van der Waals surface area contributed by atoms with Crippen molar-refractivity contribution >= 4 is 23.4 Å². The fourth-order valence-electron chi connectivity index (χ4n) is 7.72. The SMILES string of the molecule is C[C@@H]1/C=C\CC/C=C\C(=O)[C@H](C)[C@@H]2CC[C@@H](C)[C@@](O)(O2)C(=O)C(=O)N2CCCC[C@H]2C(=O)O[C@H]([C@H](C)C[C@@H]2CC[C@@H](O)[C@H](O)C2)CC1. The monoisotopic (exact) mass is 659 g/mol. The Kier molecular flexibility index (Phi) is 13.4. The Morgan fingerprint density at radius 1 is 0.915 bits per heavy atom. The molecule has 11 atom stereocenters. The van der Waals surface area contributed by atoms with E-state index in [4.69, 9.17) is 9.47 Å². The van der Waals surface area contributed by atoms with Gasteiger partial charge in [-0.2, -0.15) is 0 Å². The lowest BCUT2D eigenvalue weighted by Gasteiger charge is -2.43. The van der Waals surface area contributed by atoms with Gasteiger partial charge in [-0.3, -0.25) is 14.4 Å². The van der Waals surface area contributed by atoms with Gasteiger partial charge < -0.3 is 29.7 Å². The number of amides is 1.